The zero-order valence-electron chi connectivity index (χ0n) is 13.0. The van der Waals surface area contributed by atoms with Gasteiger partial charge in [0.25, 0.3) is 0 Å². The second kappa shape index (κ2) is 5.74. The van der Waals surface area contributed by atoms with Crippen molar-refractivity contribution in [2.24, 2.45) is 11.1 Å². The standard InChI is InChI=1S/C16H26N2O/c1-11-7-13(3)14(8-12(11)2)9-18(6)15(19)16(4,5)10-17/h7-8H,9-10,17H2,1-6H3. The molecule has 0 fully saturated rings. The first kappa shape index (κ1) is 15.7. The molecule has 3 heteroatoms. The van der Waals surface area contributed by atoms with Gasteiger partial charge in [0, 0.05) is 20.1 Å². The summed E-state index contributed by atoms with van der Waals surface area (Å²) >= 11 is 0. The van der Waals surface area contributed by atoms with Gasteiger partial charge >= 0.3 is 0 Å². The summed E-state index contributed by atoms with van der Waals surface area (Å²) in [6.07, 6.45) is 0. The van der Waals surface area contributed by atoms with Crippen molar-refractivity contribution in [1.82, 2.24) is 4.90 Å². The van der Waals surface area contributed by atoms with Crippen LogP contribution in [0.5, 0.6) is 0 Å². The van der Waals surface area contributed by atoms with E-state index in [2.05, 4.69) is 32.9 Å². The van der Waals surface area contributed by atoms with E-state index in [0.717, 1.165) is 0 Å². The van der Waals surface area contributed by atoms with Crippen LogP contribution in [-0.4, -0.2) is 24.4 Å². The van der Waals surface area contributed by atoms with Gasteiger partial charge in [0.05, 0.1) is 5.41 Å². The molecule has 0 aliphatic heterocycles. The van der Waals surface area contributed by atoms with Gasteiger partial charge in [-0.3, -0.25) is 4.79 Å². The fourth-order valence-corrected chi connectivity index (χ4v) is 2.12. The first-order valence-corrected chi connectivity index (χ1v) is 6.71. The molecule has 1 amide bonds. The Morgan fingerprint density at radius 3 is 2.21 bits per heavy atom. The summed E-state index contributed by atoms with van der Waals surface area (Å²) in [7, 11) is 1.84. The number of hydrogen-bond acceptors (Lipinski definition) is 2. The van der Waals surface area contributed by atoms with Crippen molar-refractivity contribution >= 4 is 5.91 Å². The Morgan fingerprint density at radius 1 is 1.16 bits per heavy atom. The van der Waals surface area contributed by atoms with Crippen LogP contribution < -0.4 is 5.73 Å². The number of benzene rings is 1. The molecule has 0 heterocycles. The van der Waals surface area contributed by atoms with Crippen molar-refractivity contribution in [3.63, 3.8) is 0 Å². The summed E-state index contributed by atoms with van der Waals surface area (Å²) in [5.74, 6) is 0.0904. The number of nitrogens with two attached hydrogens (primary N) is 1. The molecule has 2 N–H and O–H groups in total. The van der Waals surface area contributed by atoms with E-state index in [9.17, 15) is 4.79 Å². The highest BCUT2D eigenvalue weighted by atomic mass is 16.2. The van der Waals surface area contributed by atoms with Gasteiger partial charge in [-0.1, -0.05) is 12.1 Å². The highest BCUT2D eigenvalue weighted by Crippen LogP contribution is 2.20. The monoisotopic (exact) mass is 262 g/mol. The maximum absolute atomic E-state index is 12.3. The van der Waals surface area contributed by atoms with E-state index < -0.39 is 5.41 Å². The molecule has 0 aliphatic rings. The maximum atomic E-state index is 12.3. The first-order chi connectivity index (χ1) is 8.69. The molecule has 0 atom stereocenters. The van der Waals surface area contributed by atoms with Gasteiger partial charge in [0.1, 0.15) is 0 Å². The van der Waals surface area contributed by atoms with Crippen LogP contribution in [0.25, 0.3) is 0 Å². The zero-order valence-corrected chi connectivity index (χ0v) is 13.0. The van der Waals surface area contributed by atoms with Crippen LogP contribution in [0, 0.1) is 26.2 Å². The van der Waals surface area contributed by atoms with Crippen LogP contribution in [0.15, 0.2) is 12.1 Å². The largest absolute Gasteiger partial charge is 0.341 e. The number of carbonyl (C=O) groups excluding carboxylic acids is 1. The van der Waals surface area contributed by atoms with Crippen LogP contribution >= 0.6 is 0 Å². The lowest BCUT2D eigenvalue weighted by molar-refractivity contribution is -0.139. The molecular weight excluding hydrogens is 236 g/mol. The Balaban J connectivity index is 2.92. The second-order valence-electron chi connectivity index (χ2n) is 6.11. The minimum absolute atomic E-state index is 0.0904. The van der Waals surface area contributed by atoms with Crippen LogP contribution in [0.3, 0.4) is 0 Å². The van der Waals surface area contributed by atoms with Gasteiger partial charge in [0.2, 0.25) is 5.91 Å². The summed E-state index contributed by atoms with van der Waals surface area (Å²) in [5, 5.41) is 0. The quantitative estimate of drug-likeness (QED) is 0.906. The van der Waals surface area contributed by atoms with Crippen molar-refractivity contribution in [2.75, 3.05) is 13.6 Å². The Bertz CT molecular complexity index is 478. The van der Waals surface area contributed by atoms with E-state index in [0.29, 0.717) is 13.1 Å². The van der Waals surface area contributed by atoms with Crippen LogP contribution in [-0.2, 0) is 11.3 Å². The Labute approximate surface area is 116 Å². The maximum Gasteiger partial charge on any atom is 0.229 e. The second-order valence-corrected chi connectivity index (χ2v) is 6.11. The zero-order chi connectivity index (χ0) is 14.8. The summed E-state index contributed by atoms with van der Waals surface area (Å²) in [5.41, 5.74) is 10.2. The molecule has 1 aromatic carbocycles. The molecule has 19 heavy (non-hydrogen) atoms. The van der Waals surface area contributed by atoms with E-state index >= 15 is 0 Å². The lowest BCUT2D eigenvalue weighted by atomic mass is 9.91. The molecular formula is C16H26N2O. The summed E-state index contributed by atoms with van der Waals surface area (Å²) < 4.78 is 0. The van der Waals surface area contributed by atoms with Crippen molar-refractivity contribution in [2.45, 2.75) is 41.2 Å². The first-order valence-electron chi connectivity index (χ1n) is 6.71. The third-order valence-electron chi connectivity index (χ3n) is 3.80. The van der Waals surface area contributed by atoms with E-state index in [1.54, 1.807) is 4.90 Å². The Kier molecular flexibility index (Phi) is 4.75. The van der Waals surface area contributed by atoms with Gasteiger partial charge in [0.15, 0.2) is 0 Å². The molecule has 1 rings (SSSR count). The van der Waals surface area contributed by atoms with E-state index in [1.165, 1.54) is 22.3 Å². The Morgan fingerprint density at radius 2 is 1.68 bits per heavy atom. The fraction of sp³-hybridized carbons (Fsp3) is 0.562. The molecule has 0 saturated heterocycles. The van der Waals surface area contributed by atoms with Gasteiger partial charge in [-0.15, -0.1) is 0 Å². The van der Waals surface area contributed by atoms with Crippen molar-refractivity contribution in [3.8, 4) is 0 Å². The average molecular weight is 262 g/mol. The molecule has 0 aliphatic carbocycles. The van der Waals surface area contributed by atoms with Gasteiger partial charge in [-0.2, -0.15) is 0 Å². The number of nitrogens with zero attached hydrogens (tertiary/aromatic N) is 1. The number of hydrogen-bond donors (Lipinski definition) is 1. The number of amides is 1. The van der Waals surface area contributed by atoms with Crippen molar-refractivity contribution in [3.05, 3.63) is 34.4 Å². The van der Waals surface area contributed by atoms with E-state index in [1.807, 2.05) is 20.9 Å². The van der Waals surface area contributed by atoms with Crippen molar-refractivity contribution < 1.29 is 4.79 Å². The molecule has 0 bridgehead atoms. The molecule has 3 nitrogen and oxygen atoms in total. The van der Waals surface area contributed by atoms with Crippen LogP contribution in [0.1, 0.15) is 36.1 Å². The minimum atomic E-state index is -0.498. The van der Waals surface area contributed by atoms with Crippen LogP contribution in [0.4, 0.5) is 0 Å². The Hall–Kier alpha value is -1.35. The molecule has 1 aromatic rings. The summed E-state index contributed by atoms with van der Waals surface area (Å²) in [6, 6.07) is 4.35. The third-order valence-corrected chi connectivity index (χ3v) is 3.80. The molecule has 0 aromatic heterocycles. The average Bonchev–Trinajstić information content (AvgIpc) is 2.34. The molecule has 0 radical (unpaired) electrons. The number of carbonyl (C=O) groups is 1. The summed E-state index contributed by atoms with van der Waals surface area (Å²) in [4.78, 5) is 14.1. The van der Waals surface area contributed by atoms with Gasteiger partial charge < -0.3 is 10.6 Å². The smallest absolute Gasteiger partial charge is 0.229 e. The topological polar surface area (TPSA) is 46.3 Å². The lowest BCUT2D eigenvalue weighted by Gasteiger charge is -2.28. The SMILES string of the molecule is Cc1cc(C)c(CN(C)C(=O)C(C)(C)CN)cc1C. The number of aryl methyl sites for hydroxylation is 3. The highest BCUT2D eigenvalue weighted by Gasteiger charge is 2.28. The van der Waals surface area contributed by atoms with Crippen molar-refractivity contribution in [1.29, 1.82) is 0 Å². The highest BCUT2D eigenvalue weighted by molar-refractivity contribution is 5.82. The van der Waals surface area contributed by atoms with Gasteiger partial charge in [-0.25, -0.2) is 0 Å². The minimum Gasteiger partial charge on any atom is -0.341 e. The van der Waals surface area contributed by atoms with E-state index in [-0.39, 0.29) is 5.91 Å². The summed E-state index contributed by atoms with van der Waals surface area (Å²) in [6.45, 7) is 11.1. The predicted molar refractivity (Wildman–Crippen MR) is 80.0 cm³/mol. The lowest BCUT2D eigenvalue weighted by Crippen LogP contribution is -2.42. The van der Waals surface area contributed by atoms with E-state index in [4.69, 9.17) is 5.73 Å². The van der Waals surface area contributed by atoms with Crippen LogP contribution in [0.2, 0.25) is 0 Å². The van der Waals surface area contributed by atoms with Gasteiger partial charge in [-0.05, 0) is 56.9 Å². The molecule has 0 spiro atoms. The fourth-order valence-electron chi connectivity index (χ4n) is 2.12. The molecule has 0 saturated carbocycles. The number of rotatable bonds is 4. The molecule has 106 valence electrons. The predicted octanol–water partition coefficient (Wildman–Crippen LogP) is 2.56. The normalized spacial score (nSPS) is 11.5. The molecule has 0 unspecified atom stereocenters. The third kappa shape index (κ3) is 3.57.